The number of alkyl halides is 1. The molecule has 0 saturated carbocycles. The van der Waals surface area contributed by atoms with Crippen molar-refractivity contribution in [3.8, 4) is 11.5 Å². The van der Waals surface area contributed by atoms with Gasteiger partial charge in [-0.2, -0.15) is 0 Å². The fourth-order valence-electron chi connectivity index (χ4n) is 3.11. The predicted molar refractivity (Wildman–Crippen MR) is 169 cm³/mol. The Morgan fingerprint density at radius 1 is 0.860 bits per heavy atom. The molecule has 0 atom stereocenters. The van der Waals surface area contributed by atoms with Crippen LogP contribution in [0.3, 0.4) is 0 Å². The molecule has 0 amide bonds. The number of nitrogens with one attached hydrogen (secondary N) is 1. The summed E-state index contributed by atoms with van der Waals surface area (Å²) in [5.74, 6) is 1.70. The molecule has 2 heterocycles. The maximum absolute atomic E-state index is 11.5. The van der Waals surface area contributed by atoms with Gasteiger partial charge in [-0.25, -0.2) is 0 Å². The van der Waals surface area contributed by atoms with Gasteiger partial charge in [0.25, 0.3) is 12.0 Å². The van der Waals surface area contributed by atoms with Crippen molar-refractivity contribution in [2.75, 3.05) is 19.5 Å². The summed E-state index contributed by atoms with van der Waals surface area (Å²) in [5, 5.41) is 9.42. The molecule has 0 radical (unpaired) electrons. The number of aromatic amines is 1. The molecule has 43 heavy (non-hydrogen) atoms. The van der Waals surface area contributed by atoms with Crippen LogP contribution in [0.5, 0.6) is 11.5 Å². The zero-order valence-electron chi connectivity index (χ0n) is 25.4. The van der Waals surface area contributed by atoms with E-state index in [9.17, 15) is 9.59 Å². The minimum atomic E-state index is -0.181. The zero-order valence-corrected chi connectivity index (χ0v) is 35.4. The first-order valence-corrected chi connectivity index (χ1v) is 14.7. The van der Waals surface area contributed by atoms with Gasteiger partial charge in [-0.15, -0.1) is 0 Å². The molecule has 222 valence electrons. The van der Waals surface area contributed by atoms with Gasteiger partial charge in [0.15, 0.2) is 0 Å². The smallest absolute Gasteiger partial charge is 1.00 e. The molecular formula is C29H31Br3K2N2O7. The number of pyridine rings is 2. The van der Waals surface area contributed by atoms with Gasteiger partial charge in [-0.3, -0.25) is 14.4 Å². The molecule has 0 bridgehead atoms. The van der Waals surface area contributed by atoms with Crippen LogP contribution in [0.25, 0.3) is 0 Å². The van der Waals surface area contributed by atoms with Crippen LogP contribution in [0.15, 0.2) is 104 Å². The van der Waals surface area contributed by atoms with E-state index >= 15 is 0 Å². The molecular weight excluding hydrogens is 806 g/mol. The molecule has 1 N–H and O–H groups in total. The Labute approximate surface area is 362 Å². The van der Waals surface area contributed by atoms with Crippen LogP contribution in [0, 0.1) is 0 Å². The minimum absolute atomic E-state index is 0. The Morgan fingerprint density at radius 2 is 1.40 bits per heavy atom. The van der Waals surface area contributed by atoms with Crippen LogP contribution in [-0.4, -0.2) is 35.6 Å². The number of carbonyl (C=O) groups is 1. The van der Waals surface area contributed by atoms with E-state index in [1.165, 1.54) is 17.2 Å². The third kappa shape index (κ3) is 20.0. The van der Waals surface area contributed by atoms with Gasteiger partial charge in [0.2, 0.25) is 5.56 Å². The normalized spacial score (nSPS) is 8.98. The molecule has 4 aromatic rings. The van der Waals surface area contributed by atoms with Crippen molar-refractivity contribution in [1.29, 1.82) is 0 Å². The second-order valence-electron chi connectivity index (χ2n) is 7.78. The van der Waals surface area contributed by atoms with Gasteiger partial charge in [0.1, 0.15) is 11.5 Å². The maximum atomic E-state index is 11.5. The minimum Gasteiger partial charge on any atom is -1.00 e. The molecule has 0 aliphatic carbocycles. The number of benzene rings is 2. The van der Waals surface area contributed by atoms with Gasteiger partial charge in [-0.1, -0.05) is 40.2 Å². The average molecular weight is 837 g/mol. The summed E-state index contributed by atoms with van der Waals surface area (Å²) >= 11 is 10.3. The van der Waals surface area contributed by atoms with Crippen LogP contribution in [0.2, 0.25) is 0 Å². The molecule has 2 aromatic heterocycles. The quantitative estimate of drug-likeness (QED) is 0.0811. The number of ether oxygens (including phenoxy) is 2. The largest absolute Gasteiger partial charge is 1.00 e. The first-order chi connectivity index (χ1) is 19.8. The standard InChI is InChI=1S/C14H14BrNO2.C9H10Br2O.C5H5NO.CH2O3.2K.H/c1-18-13-6-5-11(10-12(13)15)7-9-16-8-3-2-4-14(16)17;1-12-9-3-2-7(4-5-10)6-8(9)11;7-5-3-1-2-4-6-5;2-1-4-3;;;/h2-6,8,10H,7,9H2,1H3;2-3,6H,4-5H2,1H3;1-4H,(H,6,7);1,3H;;;/q;;;;2*+1;-1/p-1. The van der Waals surface area contributed by atoms with Gasteiger partial charge in [-0.05, 0) is 92.2 Å². The monoisotopic (exact) mass is 834 g/mol. The van der Waals surface area contributed by atoms with Crippen molar-refractivity contribution < 1.29 is 129 Å². The molecule has 14 heteroatoms. The molecule has 0 spiro atoms. The molecule has 4 rings (SSSR count). The Morgan fingerprint density at radius 3 is 1.77 bits per heavy atom. The molecule has 0 unspecified atom stereocenters. The van der Waals surface area contributed by atoms with E-state index in [1.54, 1.807) is 55.4 Å². The Bertz CT molecular complexity index is 1430. The van der Waals surface area contributed by atoms with Crippen LogP contribution in [-0.2, 0) is 29.1 Å². The number of aromatic nitrogens is 2. The average Bonchev–Trinajstić information content (AvgIpc) is 2.98. The van der Waals surface area contributed by atoms with E-state index in [4.69, 9.17) is 19.5 Å². The van der Waals surface area contributed by atoms with E-state index in [0.717, 1.165) is 38.6 Å². The van der Waals surface area contributed by atoms with Crippen molar-refractivity contribution in [1.82, 2.24) is 9.55 Å². The van der Waals surface area contributed by atoms with Crippen molar-refractivity contribution in [3.63, 3.8) is 0 Å². The van der Waals surface area contributed by atoms with Crippen molar-refractivity contribution >= 4 is 54.3 Å². The summed E-state index contributed by atoms with van der Waals surface area (Å²) in [6.45, 7) is 0.498. The van der Waals surface area contributed by atoms with E-state index in [1.807, 2.05) is 30.3 Å². The van der Waals surface area contributed by atoms with E-state index in [-0.39, 0.29) is 122 Å². The van der Waals surface area contributed by atoms with Gasteiger partial charge in [0.05, 0.1) is 23.2 Å². The molecule has 2 aromatic carbocycles. The summed E-state index contributed by atoms with van der Waals surface area (Å²) in [6.07, 6.45) is 5.26. The number of H-pyrrole nitrogens is 1. The SMILES string of the molecule is COc1ccc(CCBr)cc1Br.COc1ccc(CCn2ccccc2=O)cc1Br.O=CO[O-].O=c1cccc[nH]1.[H-].[K+].[K+]. The number of aryl methyl sites for hydroxylation is 3. The van der Waals surface area contributed by atoms with E-state index in [0.29, 0.717) is 6.54 Å². The maximum Gasteiger partial charge on any atom is 1.00 e. The number of hydrogen-bond acceptors (Lipinski definition) is 7. The van der Waals surface area contributed by atoms with Gasteiger partial charge >= 0.3 is 103 Å². The third-order valence-corrected chi connectivity index (χ3v) is 6.71. The fraction of sp³-hybridized carbons (Fsp3) is 0.207. The second-order valence-corrected chi connectivity index (χ2v) is 10.3. The zero-order chi connectivity index (χ0) is 30.5. The van der Waals surface area contributed by atoms with Gasteiger partial charge in [0, 0.05) is 36.4 Å². The van der Waals surface area contributed by atoms with Crippen LogP contribution in [0.4, 0.5) is 0 Å². The van der Waals surface area contributed by atoms with Crippen LogP contribution in [0.1, 0.15) is 12.6 Å². The van der Waals surface area contributed by atoms with Gasteiger partial charge < -0.3 is 30.6 Å². The van der Waals surface area contributed by atoms with E-state index in [2.05, 4.69) is 69.8 Å². The van der Waals surface area contributed by atoms with Crippen LogP contribution < -0.4 is 129 Å². The number of hydrogen-bond donors (Lipinski definition) is 1. The molecule has 0 aliphatic heterocycles. The topological polar surface area (TPSA) is 123 Å². The Hall–Kier alpha value is 0.0827. The number of nitrogens with zero attached hydrogens (tertiary/aromatic N) is 1. The van der Waals surface area contributed by atoms with Crippen molar-refractivity contribution in [2.24, 2.45) is 0 Å². The summed E-state index contributed by atoms with van der Waals surface area (Å²) < 4.78 is 14.0. The number of halogens is 3. The Balaban J connectivity index is -0.000000562. The second kappa shape index (κ2) is 28.3. The summed E-state index contributed by atoms with van der Waals surface area (Å²) in [4.78, 5) is 35.5. The molecule has 0 saturated heterocycles. The fourth-order valence-corrected chi connectivity index (χ4v) is 4.75. The van der Waals surface area contributed by atoms with Crippen molar-refractivity contribution in [3.05, 3.63) is 126 Å². The Kier molecular flexibility index (Phi) is 29.8. The first-order valence-electron chi connectivity index (χ1n) is 12.0. The first kappa shape index (κ1) is 45.2. The number of rotatable bonds is 8. The third-order valence-electron chi connectivity index (χ3n) is 5.08. The molecule has 0 fully saturated rings. The molecule has 0 aliphatic rings. The van der Waals surface area contributed by atoms with Crippen LogP contribution >= 0.6 is 47.8 Å². The van der Waals surface area contributed by atoms with Crippen molar-refractivity contribution in [2.45, 2.75) is 19.4 Å². The number of methoxy groups -OCH3 is 2. The van der Waals surface area contributed by atoms with E-state index < -0.39 is 0 Å². The summed E-state index contributed by atoms with van der Waals surface area (Å²) in [7, 11) is 3.31. The summed E-state index contributed by atoms with van der Waals surface area (Å²) in [5.41, 5.74) is 2.45. The predicted octanol–water partition coefficient (Wildman–Crippen LogP) is -0.813. The summed E-state index contributed by atoms with van der Waals surface area (Å²) in [6, 6.07) is 22.2. The molecule has 9 nitrogen and oxygen atoms in total. The number of carbonyl (C=O) groups excluding carboxylic acids is 1.